The summed E-state index contributed by atoms with van der Waals surface area (Å²) in [6, 6.07) is 16.6. The number of esters is 1. The van der Waals surface area contributed by atoms with Crippen LogP contribution >= 0.6 is 34.8 Å². The van der Waals surface area contributed by atoms with Crippen LogP contribution in [0, 0.1) is 0 Å². The predicted molar refractivity (Wildman–Crippen MR) is 101 cm³/mol. The molecule has 0 aliphatic carbocycles. The van der Waals surface area contributed by atoms with Crippen LogP contribution in [0.15, 0.2) is 60.7 Å². The lowest BCUT2D eigenvalue weighted by molar-refractivity contribution is -0.171. The fraction of sp³-hybridized carbons (Fsp3) is 0.222. The Morgan fingerprint density at radius 1 is 0.926 bits per heavy atom. The van der Waals surface area contributed by atoms with Gasteiger partial charge in [0.1, 0.15) is 13.2 Å². The van der Waals surface area contributed by atoms with Gasteiger partial charge in [0, 0.05) is 5.56 Å². The van der Waals surface area contributed by atoms with Gasteiger partial charge in [0.05, 0.1) is 0 Å². The Kier molecular flexibility index (Phi) is 7.33. The summed E-state index contributed by atoms with van der Waals surface area (Å²) in [7, 11) is 0. The first kappa shape index (κ1) is 21.3. The molecule has 0 fully saturated rings. The third-order valence-electron chi connectivity index (χ3n) is 3.35. The molecule has 144 valence electrons. The van der Waals surface area contributed by atoms with E-state index in [0.717, 1.165) is 0 Å². The second kappa shape index (κ2) is 9.28. The minimum absolute atomic E-state index is 0.0777. The lowest BCUT2D eigenvalue weighted by atomic mass is 10.0. The molecule has 1 atom stereocenters. The van der Waals surface area contributed by atoms with Crippen molar-refractivity contribution in [2.45, 2.75) is 16.1 Å². The number of carbonyl (C=O) groups excluding carboxylic acids is 2. The summed E-state index contributed by atoms with van der Waals surface area (Å²) in [4.78, 5) is 24.5. The molecule has 0 saturated heterocycles. The van der Waals surface area contributed by atoms with E-state index < -0.39 is 28.2 Å². The summed E-state index contributed by atoms with van der Waals surface area (Å²) in [6.07, 6.45) is -1.16. The van der Waals surface area contributed by atoms with Crippen molar-refractivity contribution < 1.29 is 24.2 Å². The Balaban J connectivity index is 2.14. The highest BCUT2D eigenvalue weighted by Crippen LogP contribution is 2.26. The normalized spacial score (nSPS) is 13.3. The number of carbonyl (C=O) groups is 2. The Morgan fingerprint density at radius 3 is 2.04 bits per heavy atom. The summed E-state index contributed by atoms with van der Waals surface area (Å²) in [5.41, 5.74) is -1.70. The van der Waals surface area contributed by atoms with E-state index in [1.807, 2.05) is 6.07 Å². The number of halogens is 3. The molecule has 6 nitrogen and oxygen atoms in total. The minimum Gasteiger partial charge on any atom is -0.457 e. The molecule has 0 heterocycles. The lowest BCUT2D eigenvalue weighted by Crippen LogP contribution is -2.53. The average Bonchev–Trinajstić information content (AvgIpc) is 2.65. The molecule has 27 heavy (non-hydrogen) atoms. The molecule has 0 saturated carbocycles. The van der Waals surface area contributed by atoms with Gasteiger partial charge in [-0.3, -0.25) is 5.32 Å². The van der Waals surface area contributed by atoms with Crippen molar-refractivity contribution in [1.82, 2.24) is 5.32 Å². The van der Waals surface area contributed by atoms with Crippen molar-refractivity contribution in [2.24, 2.45) is 0 Å². The molecule has 1 unspecified atom stereocenters. The molecule has 1 amide bonds. The molecule has 9 heteroatoms. The van der Waals surface area contributed by atoms with Crippen molar-refractivity contribution in [3.05, 3.63) is 71.8 Å². The van der Waals surface area contributed by atoms with E-state index in [-0.39, 0.29) is 12.2 Å². The molecule has 2 aromatic carbocycles. The smallest absolute Gasteiger partial charge is 0.410 e. The van der Waals surface area contributed by atoms with Gasteiger partial charge in [0.25, 0.3) is 5.72 Å². The van der Waals surface area contributed by atoms with E-state index in [2.05, 4.69) is 5.32 Å². The highest BCUT2D eigenvalue weighted by atomic mass is 35.6. The van der Waals surface area contributed by atoms with Crippen molar-refractivity contribution in [2.75, 3.05) is 6.61 Å². The number of alkyl carbamates (subject to hydrolysis) is 1. The Labute approximate surface area is 170 Å². The van der Waals surface area contributed by atoms with Crippen LogP contribution in [-0.2, 0) is 26.6 Å². The van der Waals surface area contributed by atoms with E-state index in [9.17, 15) is 14.7 Å². The average molecular weight is 433 g/mol. The number of hydrogen-bond acceptors (Lipinski definition) is 5. The lowest BCUT2D eigenvalue weighted by Gasteiger charge is -2.27. The molecule has 0 spiro atoms. The first-order valence-electron chi connectivity index (χ1n) is 7.71. The van der Waals surface area contributed by atoms with E-state index in [1.165, 1.54) is 12.1 Å². The monoisotopic (exact) mass is 431 g/mol. The van der Waals surface area contributed by atoms with Gasteiger partial charge in [-0.1, -0.05) is 95.5 Å². The predicted octanol–water partition coefficient (Wildman–Crippen LogP) is 3.67. The maximum absolute atomic E-state index is 12.6. The third kappa shape index (κ3) is 6.59. The number of alkyl halides is 3. The second-order valence-corrected chi connectivity index (χ2v) is 7.97. The van der Waals surface area contributed by atoms with Crippen molar-refractivity contribution in [3.8, 4) is 0 Å². The van der Waals surface area contributed by atoms with E-state index >= 15 is 0 Å². The molecule has 2 N–H and O–H groups in total. The van der Waals surface area contributed by atoms with Gasteiger partial charge in [-0.2, -0.15) is 0 Å². The van der Waals surface area contributed by atoms with Crippen LogP contribution in [0.25, 0.3) is 0 Å². The fourth-order valence-corrected chi connectivity index (χ4v) is 2.24. The topological polar surface area (TPSA) is 84.9 Å². The minimum atomic E-state index is -2.49. The van der Waals surface area contributed by atoms with Gasteiger partial charge in [0.2, 0.25) is 3.79 Å². The van der Waals surface area contributed by atoms with Crippen LogP contribution in [0.5, 0.6) is 0 Å². The Hall–Kier alpha value is -1.99. The maximum atomic E-state index is 12.6. The zero-order valence-electron chi connectivity index (χ0n) is 13.9. The van der Waals surface area contributed by atoms with Crippen LogP contribution < -0.4 is 5.32 Å². The zero-order valence-corrected chi connectivity index (χ0v) is 16.2. The van der Waals surface area contributed by atoms with Gasteiger partial charge < -0.3 is 14.6 Å². The van der Waals surface area contributed by atoms with E-state index in [0.29, 0.717) is 5.56 Å². The molecule has 2 aromatic rings. The highest BCUT2D eigenvalue weighted by molar-refractivity contribution is 6.67. The van der Waals surface area contributed by atoms with Crippen molar-refractivity contribution in [1.29, 1.82) is 0 Å². The molecular formula is C18H16Cl3NO5. The molecule has 0 bridgehead atoms. The largest absolute Gasteiger partial charge is 0.457 e. The molecule has 2 rings (SSSR count). The van der Waals surface area contributed by atoms with E-state index in [4.69, 9.17) is 44.3 Å². The number of ether oxygens (including phenoxy) is 2. The summed E-state index contributed by atoms with van der Waals surface area (Å²) in [5.74, 6) is -1.09. The highest BCUT2D eigenvalue weighted by Gasteiger charge is 2.42. The first-order chi connectivity index (χ1) is 12.7. The molecule has 0 aliphatic heterocycles. The van der Waals surface area contributed by atoms with Crippen LogP contribution in [0.2, 0.25) is 0 Å². The summed E-state index contributed by atoms with van der Waals surface area (Å²) in [5, 5.41) is 12.9. The van der Waals surface area contributed by atoms with Crippen LogP contribution in [0.4, 0.5) is 4.79 Å². The number of hydrogen-bond donors (Lipinski definition) is 2. The molecular weight excluding hydrogens is 417 g/mol. The number of aliphatic hydroxyl groups is 1. The molecule has 0 aromatic heterocycles. The van der Waals surface area contributed by atoms with Crippen LogP contribution in [0.3, 0.4) is 0 Å². The van der Waals surface area contributed by atoms with Crippen LogP contribution in [-0.4, -0.2) is 27.6 Å². The number of amides is 1. The number of rotatable bonds is 6. The Bertz CT molecular complexity index is 768. The standard InChI is InChI=1S/C18H16Cl3NO5/c19-17(20,21)12-27-16(24)22-18(25,14-9-5-2-6-10-14)15(23)26-11-13-7-3-1-4-8-13/h1-10,25H,11-12H2,(H,22,24). The van der Waals surface area contributed by atoms with Gasteiger partial charge in [-0.05, 0) is 5.56 Å². The van der Waals surface area contributed by atoms with E-state index in [1.54, 1.807) is 42.5 Å². The number of nitrogens with one attached hydrogen (secondary N) is 1. The number of benzene rings is 2. The van der Waals surface area contributed by atoms with Gasteiger partial charge in [-0.15, -0.1) is 0 Å². The summed E-state index contributed by atoms with van der Waals surface area (Å²) >= 11 is 16.6. The van der Waals surface area contributed by atoms with Crippen molar-refractivity contribution in [3.63, 3.8) is 0 Å². The second-order valence-electron chi connectivity index (χ2n) is 5.45. The molecule has 0 radical (unpaired) electrons. The van der Waals surface area contributed by atoms with Gasteiger partial charge in [-0.25, -0.2) is 9.59 Å². The fourth-order valence-electron chi connectivity index (χ4n) is 2.08. The maximum Gasteiger partial charge on any atom is 0.410 e. The third-order valence-corrected chi connectivity index (χ3v) is 3.68. The van der Waals surface area contributed by atoms with Gasteiger partial charge >= 0.3 is 12.1 Å². The summed E-state index contributed by atoms with van der Waals surface area (Å²) in [6.45, 7) is -0.673. The quantitative estimate of drug-likeness (QED) is 0.413. The summed E-state index contributed by atoms with van der Waals surface area (Å²) < 4.78 is 8.04. The zero-order chi connectivity index (χ0) is 19.9. The van der Waals surface area contributed by atoms with Crippen molar-refractivity contribution >= 4 is 46.9 Å². The van der Waals surface area contributed by atoms with Gasteiger partial charge in [0.15, 0.2) is 0 Å². The Morgan fingerprint density at radius 2 is 1.48 bits per heavy atom. The van der Waals surface area contributed by atoms with Crippen LogP contribution in [0.1, 0.15) is 11.1 Å². The SMILES string of the molecule is O=C(NC(O)(C(=O)OCc1ccccc1)c1ccccc1)OCC(Cl)(Cl)Cl. The first-order valence-corrected chi connectivity index (χ1v) is 8.85. The molecule has 0 aliphatic rings.